The van der Waals surface area contributed by atoms with Gasteiger partial charge in [0.15, 0.2) is 0 Å². The maximum Gasteiger partial charge on any atom is 0.376 e. The molecule has 1 aromatic carbocycles. The molecule has 0 radical (unpaired) electrons. The topological polar surface area (TPSA) is 52.1 Å². The Labute approximate surface area is 111 Å². The molecule has 0 spiro atoms. The number of hydrogen-bond acceptors (Lipinski definition) is 4. The molecule has 1 aliphatic carbocycles. The first kappa shape index (κ1) is 11.8. The molecule has 0 unspecified atom stereocenters. The lowest BCUT2D eigenvalue weighted by Gasteiger charge is -2.05. The van der Waals surface area contributed by atoms with Crippen molar-refractivity contribution in [1.29, 1.82) is 0 Å². The van der Waals surface area contributed by atoms with Crippen LogP contribution in [0.15, 0.2) is 30.5 Å². The molecule has 2 aromatic rings. The first-order valence-corrected chi connectivity index (χ1v) is 6.31. The lowest BCUT2D eigenvalue weighted by molar-refractivity contribution is 0.0587. The second-order valence-corrected chi connectivity index (χ2v) is 4.59. The fraction of sp³-hybridized carbons (Fsp3) is 0.267. The average Bonchev–Trinajstić information content (AvgIpc) is 2.94. The summed E-state index contributed by atoms with van der Waals surface area (Å²) in [6.07, 6.45) is 5.09. The number of aryl methyl sites for hydroxylation is 2. The van der Waals surface area contributed by atoms with Gasteiger partial charge in [-0.15, -0.1) is 0 Å². The first-order chi connectivity index (χ1) is 9.28. The fourth-order valence-corrected chi connectivity index (χ4v) is 2.44. The van der Waals surface area contributed by atoms with Crippen molar-refractivity contribution in [3.05, 3.63) is 47.4 Å². The van der Waals surface area contributed by atoms with Gasteiger partial charge < -0.3 is 4.74 Å². The molecule has 0 saturated heterocycles. The van der Waals surface area contributed by atoms with Gasteiger partial charge in [0.05, 0.1) is 12.8 Å². The van der Waals surface area contributed by atoms with Crippen molar-refractivity contribution in [3.8, 4) is 11.3 Å². The van der Waals surface area contributed by atoms with E-state index in [2.05, 4.69) is 26.8 Å². The van der Waals surface area contributed by atoms with Crippen molar-refractivity contribution in [1.82, 2.24) is 9.97 Å². The van der Waals surface area contributed by atoms with Crippen molar-refractivity contribution < 1.29 is 9.53 Å². The maximum atomic E-state index is 11.4. The molecule has 0 aliphatic heterocycles. The van der Waals surface area contributed by atoms with Crippen molar-refractivity contribution in [3.63, 3.8) is 0 Å². The molecule has 4 nitrogen and oxygen atoms in total. The minimum absolute atomic E-state index is 0.0977. The van der Waals surface area contributed by atoms with Gasteiger partial charge >= 0.3 is 5.97 Å². The van der Waals surface area contributed by atoms with Crippen LogP contribution in [-0.2, 0) is 17.6 Å². The summed E-state index contributed by atoms with van der Waals surface area (Å²) < 4.78 is 4.64. The number of aromatic nitrogens is 2. The molecule has 96 valence electrons. The SMILES string of the molecule is COC(=O)c1nccc(-c2ccc3c(c2)CCC3)n1. The summed E-state index contributed by atoms with van der Waals surface area (Å²) in [7, 11) is 1.33. The average molecular weight is 254 g/mol. The zero-order valence-electron chi connectivity index (χ0n) is 10.7. The van der Waals surface area contributed by atoms with E-state index in [9.17, 15) is 4.79 Å². The lowest BCUT2D eigenvalue weighted by atomic mass is 10.0. The Balaban J connectivity index is 2.00. The molecule has 0 N–H and O–H groups in total. The molecule has 0 atom stereocenters. The maximum absolute atomic E-state index is 11.4. The minimum atomic E-state index is -0.511. The van der Waals surface area contributed by atoms with Crippen LogP contribution in [0.4, 0.5) is 0 Å². The number of rotatable bonds is 2. The highest BCUT2D eigenvalue weighted by molar-refractivity contribution is 5.85. The predicted octanol–water partition coefficient (Wildman–Crippen LogP) is 2.42. The summed E-state index contributed by atoms with van der Waals surface area (Å²) >= 11 is 0. The van der Waals surface area contributed by atoms with Crippen LogP contribution in [0.2, 0.25) is 0 Å². The highest BCUT2D eigenvalue weighted by Gasteiger charge is 2.14. The number of carbonyl (C=O) groups excluding carboxylic acids is 1. The van der Waals surface area contributed by atoms with E-state index in [-0.39, 0.29) is 5.82 Å². The number of nitrogens with zero attached hydrogens (tertiary/aromatic N) is 2. The zero-order valence-corrected chi connectivity index (χ0v) is 10.7. The molecular weight excluding hydrogens is 240 g/mol. The molecule has 3 rings (SSSR count). The van der Waals surface area contributed by atoms with E-state index >= 15 is 0 Å². The third kappa shape index (κ3) is 2.21. The Morgan fingerprint density at radius 2 is 2.05 bits per heavy atom. The summed E-state index contributed by atoms with van der Waals surface area (Å²) in [5.41, 5.74) is 4.58. The van der Waals surface area contributed by atoms with Gasteiger partial charge in [0.2, 0.25) is 5.82 Å². The van der Waals surface area contributed by atoms with E-state index in [4.69, 9.17) is 0 Å². The van der Waals surface area contributed by atoms with Crippen LogP contribution in [0, 0.1) is 0 Å². The molecule has 1 aromatic heterocycles. The quantitative estimate of drug-likeness (QED) is 0.772. The lowest BCUT2D eigenvalue weighted by Crippen LogP contribution is -2.07. The molecule has 4 heteroatoms. The number of carbonyl (C=O) groups is 1. The summed E-state index contributed by atoms with van der Waals surface area (Å²) in [6.45, 7) is 0. The molecule has 1 heterocycles. The van der Waals surface area contributed by atoms with Crippen LogP contribution in [0.3, 0.4) is 0 Å². The number of benzene rings is 1. The Bertz CT molecular complexity index is 638. The van der Waals surface area contributed by atoms with Gasteiger partial charge in [-0.2, -0.15) is 0 Å². The molecule has 0 amide bonds. The summed E-state index contributed by atoms with van der Waals surface area (Å²) in [4.78, 5) is 19.6. The largest absolute Gasteiger partial charge is 0.463 e. The fourth-order valence-electron chi connectivity index (χ4n) is 2.44. The molecule has 0 fully saturated rings. The zero-order chi connectivity index (χ0) is 13.2. The number of hydrogen-bond donors (Lipinski definition) is 0. The van der Waals surface area contributed by atoms with E-state index in [1.165, 1.54) is 24.7 Å². The summed E-state index contributed by atoms with van der Waals surface area (Å²) in [5.74, 6) is -0.413. The highest BCUT2D eigenvalue weighted by Crippen LogP contribution is 2.27. The van der Waals surface area contributed by atoms with Gasteiger partial charge in [-0.05, 0) is 42.5 Å². The number of methoxy groups -OCH3 is 1. The van der Waals surface area contributed by atoms with Crippen LogP contribution < -0.4 is 0 Å². The van der Waals surface area contributed by atoms with Crippen molar-refractivity contribution >= 4 is 5.97 Å². The second-order valence-electron chi connectivity index (χ2n) is 4.59. The number of esters is 1. The first-order valence-electron chi connectivity index (χ1n) is 6.31. The van der Waals surface area contributed by atoms with Crippen LogP contribution in [0.25, 0.3) is 11.3 Å². The van der Waals surface area contributed by atoms with Crippen LogP contribution in [-0.4, -0.2) is 23.0 Å². The van der Waals surface area contributed by atoms with Crippen molar-refractivity contribution in [2.45, 2.75) is 19.3 Å². The van der Waals surface area contributed by atoms with Gasteiger partial charge in [-0.3, -0.25) is 0 Å². The third-order valence-corrected chi connectivity index (χ3v) is 3.42. The highest BCUT2D eigenvalue weighted by atomic mass is 16.5. The van der Waals surface area contributed by atoms with Crippen molar-refractivity contribution in [2.75, 3.05) is 7.11 Å². The van der Waals surface area contributed by atoms with Gasteiger partial charge in [-0.1, -0.05) is 12.1 Å². The molecule has 1 aliphatic rings. The smallest absolute Gasteiger partial charge is 0.376 e. The summed E-state index contributed by atoms with van der Waals surface area (Å²) in [6, 6.07) is 8.17. The van der Waals surface area contributed by atoms with Crippen LogP contribution in [0.5, 0.6) is 0 Å². The Kier molecular flexibility index (Phi) is 2.99. The standard InChI is InChI=1S/C15H14N2O2/c1-19-15(18)14-16-8-7-13(17-14)12-6-5-10-3-2-4-11(10)9-12/h5-9H,2-4H2,1H3. The van der Waals surface area contributed by atoms with E-state index < -0.39 is 5.97 Å². The van der Waals surface area contributed by atoms with Crippen LogP contribution in [0.1, 0.15) is 28.2 Å². The van der Waals surface area contributed by atoms with Gasteiger partial charge in [0.25, 0.3) is 0 Å². The van der Waals surface area contributed by atoms with Gasteiger partial charge in [0, 0.05) is 11.8 Å². The third-order valence-electron chi connectivity index (χ3n) is 3.42. The molecular formula is C15H14N2O2. The van der Waals surface area contributed by atoms with E-state index in [1.807, 2.05) is 12.1 Å². The van der Waals surface area contributed by atoms with Gasteiger partial charge in [0.1, 0.15) is 0 Å². The normalized spacial score (nSPS) is 13.1. The monoisotopic (exact) mass is 254 g/mol. The van der Waals surface area contributed by atoms with Crippen molar-refractivity contribution in [2.24, 2.45) is 0 Å². The van der Waals surface area contributed by atoms with E-state index in [0.29, 0.717) is 0 Å². The summed E-state index contributed by atoms with van der Waals surface area (Å²) in [5, 5.41) is 0. The number of ether oxygens (including phenoxy) is 1. The van der Waals surface area contributed by atoms with Crippen LogP contribution >= 0.6 is 0 Å². The Morgan fingerprint density at radius 3 is 2.89 bits per heavy atom. The molecule has 19 heavy (non-hydrogen) atoms. The minimum Gasteiger partial charge on any atom is -0.463 e. The Morgan fingerprint density at radius 1 is 1.21 bits per heavy atom. The van der Waals surface area contributed by atoms with E-state index in [0.717, 1.165) is 24.1 Å². The number of fused-ring (bicyclic) bond motifs is 1. The molecule has 0 saturated carbocycles. The second kappa shape index (κ2) is 4.80. The van der Waals surface area contributed by atoms with Gasteiger partial charge in [-0.25, -0.2) is 14.8 Å². The molecule has 0 bridgehead atoms. The Hall–Kier alpha value is -2.23. The predicted molar refractivity (Wildman–Crippen MR) is 70.8 cm³/mol. The van der Waals surface area contributed by atoms with E-state index in [1.54, 1.807) is 6.20 Å².